The van der Waals surface area contributed by atoms with E-state index in [9.17, 15) is 25.0 Å². The van der Waals surface area contributed by atoms with Crippen LogP contribution in [0.25, 0.3) is 0 Å². The third kappa shape index (κ3) is 4.58. The number of carbonyl (C=O) groups excluding carboxylic acids is 1. The summed E-state index contributed by atoms with van der Waals surface area (Å²) in [7, 11) is 0. The van der Waals surface area contributed by atoms with Gasteiger partial charge in [-0.1, -0.05) is 24.3 Å². The predicted octanol–water partition coefficient (Wildman–Crippen LogP) is 1.56. The minimum atomic E-state index is -0.584. The van der Waals surface area contributed by atoms with Crippen LogP contribution in [0.4, 0.5) is 11.4 Å². The van der Waals surface area contributed by atoms with Crippen LogP contribution in [-0.4, -0.2) is 28.5 Å². The van der Waals surface area contributed by atoms with Crippen LogP contribution in [0.5, 0.6) is 5.75 Å². The van der Waals surface area contributed by atoms with Crippen LogP contribution in [0, 0.1) is 20.2 Å². The maximum Gasteiger partial charge on any atom is 0.310 e. The number of nitrogens with one attached hydrogen (secondary N) is 3. The monoisotopic (exact) mass is 387 g/mol. The van der Waals surface area contributed by atoms with E-state index < -0.39 is 21.9 Å². The number of carbonyl (C=O) groups is 1. The van der Waals surface area contributed by atoms with E-state index in [1.54, 1.807) is 18.2 Å². The average molecular weight is 387 g/mol. The number of benzene rings is 2. The highest BCUT2D eigenvalue weighted by molar-refractivity contribution is 5.78. The second-order valence-electron chi connectivity index (χ2n) is 6.06. The number of hydrogen-bond donors (Lipinski definition) is 3. The molecule has 2 aromatic rings. The van der Waals surface area contributed by atoms with Gasteiger partial charge in [-0.05, 0) is 11.6 Å². The van der Waals surface area contributed by atoms with E-state index in [2.05, 4.69) is 16.2 Å². The Labute approximate surface area is 159 Å². The summed E-state index contributed by atoms with van der Waals surface area (Å²) < 4.78 is 5.25. The predicted molar refractivity (Wildman–Crippen MR) is 97.2 cm³/mol. The van der Waals surface area contributed by atoms with Gasteiger partial charge in [-0.25, -0.2) is 10.9 Å². The van der Waals surface area contributed by atoms with E-state index in [1.807, 2.05) is 0 Å². The van der Waals surface area contributed by atoms with Gasteiger partial charge in [0.1, 0.15) is 0 Å². The van der Waals surface area contributed by atoms with Crippen LogP contribution in [-0.2, 0) is 4.79 Å². The van der Waals surface area contributed by atoms with Crippen molar-refractivity contribution in [3.8, 4) is 5.75 Å². The molecule has 0 aromatic heterocycles. The lowest BCUT2D eigenvalue weighted by molar-refractivity contribution is -0.385. The molecule has 11 heteroatoms. The molecule has 2 unspecified atom stereocenters. The number of nitro groups is 2. The highest BCUT2D eigenvalue weighted by Crippen LogP contribution is 2.26. The van der Waals surface area contributed by atoms with E-state index in [-0.39, 0.29) is 29.8 Å². The van der Waals surface area contributed by atoms with Crippen molar-refractivity contribution in [2.75, 3.05) is 6.61 Å². The Kier molecular flexibility index (Phi) is 5.77. The highest BCUT2D eigenvalue weighted by atomic mass is 16.6. The Bertz CT molecular complexity index is 905. The summed E-state index contributed by atoms with van der Waals surface area (Å²) in [6, 6.07) is 11.8. The van der Waals surface area contributed by atoms with Crippen molar-refractivity contribution in [3.05, 3.63) is 74.3 Å². The molecule has 0 saturated carbocycles. The normalized spacial score (nSPS) is 18.4. The van der Waals surface area contributed by atoms with Crippen molar-refractivity contribution in [2.24, 2.45) is 0 Å². The van der Waals surface area contributed by atoms with Gasteiger partial charge in [0.15, 0.2) is 12.4 Å². The minimum Gasteiger partial charge on any atom is -0.477 e. The molecule has 0 radical (unpaired) electrons. The molecular formula is C17H17N5O6. The summed E-state index contributed by atoms with van der Waals surface area (Å²) in [5, 5.41) is 24.5. The molecule has 0 aliphatic carbocycles. The second-order valence-corrected chi connectivity index (χ2v) is 6.06. The smallest absolute Gasteiger partial charge is 0.310 e. The van der Waals surface area contributed by atoms with Crippen LogP contribution in [0.1, 0.15) is 18.0 Å². The Morgan fingerprint density at radius 3 is 2.64 bits per heavy atom. The van der Waals surface area contributed by atoms with Gasteiger partial charge in [0, 0.05) is 30.7 Å². The van der Waals surface area contributed by atoms with Crippen LogP contribution in [0.3, 0.4) is 0 Å². The zero-order valence-electron chi connectivity index (χ0n) is 14.5. The zero-order valence-corrected chi connectivity index (χ0v) is 14.5. The SMILES string of the molecule is O=C(COc1ccccc1[N+](=O)[O-])NC1CC(c2cccc([N+](=O)[O-])c2)NN1. The lowest BCUT2D eigenvalue weighted by atomic mass is 10.0. The van der Waals surface area contributed by atoms with Crippen LogP contribution < -0.4 is 20.9 Å². The third-order valence-corrected chi connectivity index (χ3v) is 4.14. The fraction of sp³-hybridized carbons (Fsp3) is 0.235. The van der Waals surface area contributed by atoms with Gasteiger partial charge in [-0.15, -0.1) is 0 Å². The molecule has 28 heavy (non-hydrogen) atoms. The van der Waals surface area contributed by atoms with E-state index in [0.29, 0.717) is 6.42 Å². The number of hydrogen-bond acceptors (Lipinski definition) is 8. The summed E-state index contributed by atoms with van der Waals surface area (Å²) in [4.78, 5) is 32.9. The number of rotatable bonds is 7. The number of hydrazine groups is 1. The fourth-order valence-electron chi connectivity index (χ4n) is 2.83. The largest absolute Gasteiger partial charge is 0.477 e. The molecule has 1 aliphatic rings. The van der Waals surface area contributed by atoms with E-state index in [1.165, 1.54) is 30.3 Å². The molecule has 1 fully saturated rings. The zero-order chi connectivity index (χ0) is 20.1. The van der Waals surface area contributed by atoms with Gasteiger partial charge >= 0.3 is 5.69 Å². The molecule has 3 rings (SSSR count). The van der Waals surface area contributed by atoms with Gasteiger partial charge in [0.2, 0.25) is 0 Å². The molecule has 2 aromatic carbocycles. The maximum atomic E-state index is 12.1. The first-order chi connectivity index (χ1) is 13.4. The van der Waals surface area contributed by atoms with Gasteiger partial charge < -0.3 is 10.1 Å². The van der Waals surface area contributed by atoms with Crippen molar-refractivity contribution in [1.82, 2.24) is 16.2 Å². The van der Waals surface area contributed by atoms with Gasteiger partial charge in [-0.2, -0.15) is 0 Å². The average Bonchev–Trinajstić information content (AvgIpc) is 3.15. The fourth-order valence-corrected chi connectivity index (χ4v) is 2.83. The Morgan fingerprint density at radius 2 is 1.89 bits per heavy atom. The van der Waals surface area contributed by atoms with Crippen molar-refractivity contribution in [3.63, 3.8) is 0 Å². The number of ether oxygens (including phenoxy) is 1. The number of para-hydroxylation sites is 2. The lowest BCUT2D eigenvalue weighted by Gasteiger charge is -2.13. The molecule has 3 N–H and O–H groups in total. The molecule has 11 nitrogen and oxygen atoms in total. The van der Waals surface area contributed by atoms with Gasteiger partial charge in [0.25, 0.3) is 11.6 Å². The number of non-ortho nitro benzene ring substituents is 1. The van der Waals surface area contributed by atoms with E-state index in [0.717, 1.165) is 5.56 Å². The van der Waals surface area contributed by atoms with Crippen molar-refractivity contribution >= 4 is 17.3 Å². The molecule has 1 heterocycles. The molecule has 1 amide bonds. The first-order valence-electron chi connectivity index (χ1n) is 8.35. The molecule has 1 saturated heterocycles. The summed E-state index contributed by atoms with van der Waals surface area (Å²) in [5.41, 5.74) is 6.36. The Hall–Kier alpha value is -3.57. The number of amides is 1. The topological polar surface area (TPSA) is 149 Å². The molecule has 146 valence electrons. The van der Waals surface area contributed by atoms with Crippen molar-refractivity contribution < 1.29 is 19.4 Å². The van der Waals surface area contributed by atoms with Gasteiger partial charge in [-0.3, -0.25) is 25.0 Å². The van der Waals surface area contributed by atoms with E-state index in [4.69, 9.17) is 4.74 Å². The van der Waals surface area contributed by atoms with Gasteiger partial charge in [0.05, 0.1) is 16.0 Å². The number of nitro benzene ring substituents is 2. The quantitative estimate of drug-likeness (QED) is 0.479. The highest BCUT2D eigenvalue weighted by Gasteiger charge is 2.27. The second kappa shape index (κ2) is 8.41. The first-order valence-corrected chi connectivity index (χ1v) is 8.35. The standard InChI is InChI=1S/C17H17N5O6/c23-17(10-28-15-7-2-1-6-14(15)22(26)27)18-16-9-13(19-20-16)11-4-3-5-12(8-11)21(24)25/h1-8,13,16,19-20H,9-10H2,(H,18,23). The Balaban J connectivity index is 1.53. The summed E-state index contributed by atoms with van der Waals surface area (Å²) in [5.74, 6) is -0.452. The molecule has 0 bridgehead atoms. The summed E-state index contributed by atoms with van der Waals surface area (Å²) in [6.07, 6.45) is 0.0319. The summed E-state index contributed by atoms with van der Waals surface area (Å²) >= 11 is 0. The summed E-state index contributed by atoms with van der Waals surface area (Å²) in [6.45, 7) is -0.384. The van der Waals surface area contributed by atoms with E-state index >= 15 is 0 Å². The van der Waals surface area contributed by atoms with Crippen LogP contribution in [0.2, 0.25) is 0 Å². The van der Waals surface area contributed by atoms with Crippen molar-refractivity contribution in [2.45, 2.75) is 18.6 Å². The number of nitrogens with zero attached hydrogens (tertiary/aromatic N) is 2. The molecule has 0 spiro atoms. The lowest BCUT2D eigenvalue weighted by Crippen LogP contribution is -2.45. The van der Waals surface area contributed by atoms with Crippen LogP contribution >= 0.6 is 0 Å². The van der Waals surface area contributed by atoms with Crippen molar-refractivity contribution in [1.29, 1.82) is 0 Å². The maximum absolute atomic E-state index is 12.1. The Morgan fingerprint density at radius 1 is 1.11 bits per heavy atom. The molecule has 1 aliphatic heterocycles. The third-order valence-electron chi connectivity index (χ3n) is 4.14. The first kappa shape index (κ1) is 19.2. The molecular weight excluding hydrogens is 370 g/mol. The van der Waals surface area contributed by atoms with Crippen LogP contribution in [0.15, 0.2) is 48.5 Å². The minimum absolute atomic E-state index is 0.00891. The molecule has 2 atom stereocenters.